The number of alkyl halides is 2. The molecule has 0 aliphatic heterocycles. The Morgan fingerprint density at radius 2 is 1.96 bits per heavy atom. The number of benzene rings is 2. The van der Waals surface area contributed by atoms with Gasteiger partial charge in [0.05, 0.1) is 16.9 Å². The van der Waals surface area contributed by atoms with E-state index in [0.29, 0.717) is 0 Å². The van der Waals surface area contributed by atoms with Crippen LogP contribution in [0.15, 0.2) is 42.6 Å². The number of carbonyl (C=O) groups is 1. The lowest BCUT2D eigenvalue weighted by Crippen LogP contribution is -2.18. The Morgan fingerprint density at radius 1 is 1.21 bits per heavy atom. The Morgan fingerprint density at radius 3 is 2.64 bits per heavy atom. The zero-order chi connectivity index (χ0) is 20.4. The predicted molar refractivity (Wildman–Crippen MR) is 94.6 cm³/mol. The second-order valence-electron chi connectivity index (χ2n) is 5.69. The number of amides is 1. The van der Waals surface area contributed by atoms with E-state index in [1.165, 1.54) is 25.2 Å². The molecule has 0 spiro atoms. The van der Waals surface area contributed by atoms with E-state index in [2.05, 4.69) is 10.4 Å². The number of nitrogens with one attached hydrogen (secondary N) is 1. The minimum Gasteiger partial charge on any atom is -0.406 e. The van der Waals surface area contributed by atoms with E-state index < -0.39 is 35.6 Å². The van der Waals surface area contributed by atoms with E-state index in [1.54, 1.807) is 0 Å². The number of carbonyl (C=O) groups excluding carboxylic acids is 1. The van der Waals surface area contributed by atoms with E-state index in [9.17, 15) is 22.4 Å². The number of hydrogen-bond acceptors (Lipinski definition) is 3. The first kappa shape index (κ1) is 19.7. The molecule has 10 heteroatoms. The van der Waals surface area contributed by atoms with Crippen LogP contribution in [-0.4, -0.2) is 15.9 Å². The quantitative estimate of drug-likeness (QED) is 0.569. The van der Waals surface area contributed by atoms with Crippen LogP contribution in [0.5, 0.6) is 5.75 Å². The van der Waals surface area contributed by atoms with Crippen LogP contribution in [0.25, 0.3) is 11.1 Å². The number of ether oxygens (including phenoxy) is 1. The molecule has 28 heavy (non-hydrogen) atoms. The van der Waals surface area contributed by atoms with Gasteiger partial charge in [0.15, 0.2) is 11.4 Å². The van der Waals surface area contributed by atoms with Gasteiger partial charge in [0.25, 0.3) is 6.43 Å². The molecule has 1 N–H and O–H groups in total. The maximum Gasteiger partial charge on any atom is 0.417 e. The van der Waals surface area contributed by atoms with Crippen LogP contribution in [0, 0.1) is 11.6 Å². The summed E-state index contributed by atoms with van der Waals surface area (Å²) in [5.74, 6) is -1.78. The van der Waals surface area contributed by atoms with Gasteiger partial charge in [0, 0.05) is 12.6 Å². The molecule has 0 aliphatic carbocycles. The van der Waals surface area contributed by atoms with E-state index >= 15 is 0 Å². The van der Waals surface area contributed by atoms with E-state index in [-0.39, 0.29) is 21.8 Å². The normalized spacial score (nSPS) is 11.0. The number of hydrogen-bond donors (Lipinski definition) is 1. The van der Waals surface area contributed by atoms with Crippen LogP contribution in [-0.2, 0) is 7.05 Å². The third-order valence-corrected chi connectivity index (χ3v) is 3.99. The molecule has 2 aromatic carbocycles. The van der Waals surface area contributed by atoms with Crippen molar-refractivity contribution in [1.29, 1.82) is 0 Å². The van der Waals surface area contributed by atoms with Crippen molar-refractivity contribution < 1.29 is 27.1 Å². The molecule has 0 radical (unpaired) electrons. The van der Waals surface area contributed by atoms with Crippen LogP contribution < -0.4 is 10.1 Å². The zero-order valence-electron chi connectivity index (χ0n) is 14.2. The molecule has 0 atom stereocenters. The first-order chi connectivity index (χ1) is 13.2. The largest absolute Gasteiger partial charge is 0.417 e. The van der Waals surface area contributed by atoms with Crippen LogP contribution in [0.3, 0.4) is 0 Å². The highest BCUT2D eigenvalue weighted by atomic mass is 35.5. The van der Waals surface area contributed by atoms with E-state index in [0.717, 1.165) is 29.1 Å². The molecule has 0 fully saturated rings. The average molecular weight is 414 g/mol. The van der Waals surface area contributed by atoms with Crippen molar-refractivity contribution in [2.24, 2.45) is 7.05 Å². The molecule has 5 nitrogen and oxygen atoms in total. The maximum atomic E-state index is 13.8. The summed E-state index contributed by atoms with van der Waals surface area (Å²) in [7, 11) is 1.39. The lowest BCUT2D eigenvalue weighted by atomic mass is 10.0. The monoisotopic (exact) mass is 413 g/mol. The Kier molecular flexibility index (Phi) is 5.55. The van der Waals surface area contributed by atoms with Crippen molar-refractivity contribution in [2.45, 2.75) is 6.43 Å². The molecule has 146 valence electrons. The summed E-state index contributed by atoms with van der Waals surface area (Å²) in [4.78, 5) is 12.2. The van der Waals surface area contributed by atoms with Crippen LogP contribution >= 0.6 is 11.6 Å². The van der Waals surface area contributed by atoms with Gasteiger partial charge in [-0.15, -0.1) is 0 Å². The summed E-state index contributed by atoms with van der Waals surface area (Å²) < 4.78 is 59.3. The van der Waals surface area contributed by atoms with Crippen molar-refractivity contribution in [3.8, 4) is 16.9 Å². The van der Waals surface area contributed by atoms with Crippen molar-refractivity contribution in [1.82, 2.24) is 9.78 Å². The van der Waals surface area contributed by atoms with Crippen molar-refractivity contribution >= 4 is 23.4 Å². The average Bonchev–Trinajstić information content (AvgIpc) is 2.99. The van der Waals surface area contributed by atoms with Gasteiger partial charge in [-0.3, -0.25) is 10.00 Å². The highest BCUT2D eigenvalue weighted by Gasteiger charge is 2.22. The van der Waals surface area contributed by atoms with E-state index in [1.807, 2.05) is 0 Å². The Balaban J connectivity index is 1.88. The topological polar surface area (TPSA) is 56.1 Å². The van der Waals surface area contributed by atoms with Crippen LogP contribution in [0.2, 0.25) is 5.02 Å². The number of rotatable bonds is 4. The van der Waals surface area contributed by atoms with Crippen molar-refractivity contribution in [3.63, 3.8) is 0 Å². The van der Waals surface area contributed by atoms with Gasteiger partial charge in [-0.1, -0.05) is 17.7 Å². The molecule has 0 bridgehead atoms. The third kappa shape index (κ3) is 4.25. The summed E-state index contributed by atoms with van der Waals surface area (Å²) in [5.41, 5.74) is -0.230. The van der Waals surface area contributed by atoms with Gasteiger partial charge >= 0.3 is 6.09 Å². The second kappa shape index (κ2) is 7.89. The van der Waals surface area contributed by atoms with Gasteiger partial charge in [0.1, 0.15) is 11.6 Å². The van der Waals surface area contributed by atoms with Crippen LogP contribution in [0.1, 0.15) is 12.1 Å². The molecule has 1 aromatic heterocycles. The molecule has 1 amide bonds. The van der Waals surface area contributed by atoms with Gasteiger partial charge in [-0.05, 0) is 35.9 Å². The number of anilines is 1. The number of halogens is 5. The predicted octanol–water partition coefficient (Wildman–Crippen LogP) is 5.57. The molecule has 3 aromatic rings. The number of aryl methyl sites for hydroxylation is 1. The summed E-state index contributed by atoms with van der Waals surface area (Å²) in [6.07, 6.45) is -2.93. The van der Waals surface area contributed by atoms with Gasteiger partial charge < -0.3 is 4.74 Å². The standard InChI is InChI=1S/C18H12ClF4N3O2/c1-26-8-15(16(25-26)17(22)23)28-18(27)24-14-5-3-10(20)7-11(14)9-2-4-12(19)13(21)6-9/h2-8,17H,1H3,(H,24,27). The Labute approximate surface area is 161 Å². The zero-order valence-corrected chi connectivity index (χ0v) is 15.0. The first-order valence-corrected chi connectivity index (χ1v) is 8.18. The van der Waals surface area contributed by atoms with Gasteiger partial charge in [-0.25, -0.2) is 22.4 Å². The lowest BCUT2D eigenvalue weighted by Gasteiger charge is -2.12. The minimum absolute atomic E-state index is 0.0793. The van der Waals surface area contributed by atoms with E-state index in [4.69, 9.17) is 16.3 Å². The molecule has 0 aliphatic rings. The minimum atomic E-state index is -2.94. The van der Waals surface area contributed by atoms with Crippen molar-refractivity contribution in [2.75, 3.05) is 5.32 Å². The van der Waals surface area contributed by atoms with Gasteiger partial charge in [0.2, 0.25) is 0 Å². The summed E-state index contributed by atoms with van der Waals surface area (Å²) in [6, 6.07) is 7.17. The molecule has 3 rings (SSSR count). The summed E-state index contributed by atoms with van der Waals surface area (Å²) >= 11 is 5.65. The highest BCUT2D eigenvalue weighted by Crippen LogP contribution is 2.32. The van der Waals surface area contributed by atoms with Crippen LogP contribution in [0.4, 0.5) is 28.0 Å². The summed E-state index contributed by atoms with van der Waals surface area (Å²) in [6.45, 7) is 0. The second-order valence-corrected chi connectivity index (χ2v) is 6.09. The lowest BCUT2D eigenvalue weighted by molar-refractivity contribution is 0.141. The molecule has 0 saturated carbocycles. The molecule has 1 heterocycles. The molecular weight excluding hydrogens is 402 g/mol. The third-order valence-electron chi connectivity index (χ3n) is 3.68. The SMILES string of the molecule is Cn1cc(OC(=O)Nc2ccc(F)cc2-c2ccc(Cl)c(F)c2)c(C(F)F)n1. The Hall–Kier alpha value is -3.07. The van der Waals surface area contributed by atoms with Gasteiger partial charge in [-0.2, -0.15) is 5.10 Å². The molecule has 0 unspecified atom stereocenters. The first-order valence-electron chi connectivity index (χ1n) is 7.80. The number of aromatic nitrogens is 2. The fourth-order valence-electron chi connectivity index (χ4n) is 2.48. The van der Waals surface area contributed by atoms with Crippen molar-refractivity contribution in [3.05, 3.63) is 64.9 Å². The number of nitrogens with zero attached hydrogens (tertiary/aromatic N) is 2. The smallest absolute Gasteiger partial charge is 0.406 e. The summed E-state index contributed by atoms with van der Waals surface area (Å²) in [5, 5.41) is 5.73. The fraction of sp³-hybridized carbons (Fsp3) is 0.111. The highest BCUT2D eigenvalue weighted by molar-refractivity contribution is 6.30. The molecular formula is C18H12ClF4N3O2. The maximum absolute atomic E-state index is 13.8. The Bertz CT molecular complexity index is 1040. The molecule has 0 saturated heterocycles. The fourth-order valence-corrected chi connectivity index (χ4v) is 2.59.